The van der Waals surface area contributed by atoms with Crippen molar-refractivity contribution in [3.8, 4) is 17.6 Å². The highest BCUT2D eigenvalue weighted by molar-refractivity contribution is 6.19. The second-order valence-electron chi connectivity index (χ2n) is 2.49. The normalized spacial score (nSPS) is 8.83. The van der Waals surface area contributed by atoms with Gasteiger partial charge in [0.05, 0.1) is 5.88 Å². The molecule has 0 bridgehead atoms. The summed E-state index contributed by atoms with van der Waals surface area (Å²) in [6.45, 7) is 1.91. The lowest BCUT2D eigenvalue weighted by molar-refractivity contribution is 0.474. The van der Waals surface area contributed by atoms with Crippen LogP contribution >= 0.6 is 11.6 Å². The molecule has 62 valence electrons. The zero-order valence-corrected chi connectivity index (χ0v) is 7.52. The minimum absolute atomic E-state index is 0.244. The summed E-state index contributed by atoms with van der Waals surface area (Å²) < 4.78 is 0. The number of aryl methyl sites for hydroxylation is 1. The molecule has 0 aliphatic carbocycles. The second kappa shape index (κ2) is 4.04. The van der Waals surface area contributed by atoms with Crippen molar-refractivity contribution >= 4 is 11.6 Å². The first-order chi connectivity index (χ1) is 5.72. The van der Waals surface area contributed by atoms with Crippen LogP contribution in [0.2, 0.25) is 0 Å². The van der Waals surface area contributed by atoms with Gasteiger partial charge in [0.1, 0.15) is 5.75 Å². The Morgan fingerprint density at radius 1 is 1.42 bits per heavy atom. The Morgan fingerprint density at radius 3 is 2.75 bits per heavy atom. The number of rotatable bonds is 0. The van der Waals surface area contributed by atoms with E-state index in [0.29, 0.717) is 5.88 Å². The van der Waals surface area contributed by atoms with Crippen molar-refractivity contribution in [1.82, 2.24) is 0 Å². The van der Waals surface area contributed by atoms with Crippen molar-refractivity contribution in [2.75, 3.05) is 5.88 Å². The van der Waals surface area contributed by atoms with Crippen LogP contribution in [0.1, 0.15) is 11.1 Å². The Kier molecular flexibility index (Phi) is 3.01. The van der Waals surface area contributed by atoms with Crippen molar-refractivity contribution in [1.29, 1.82) is 0 Å². The molecule has 1 nitrogen and oxygen atoms in total. The van der Waals surface area contributed by atoms with E-state index in [-0.39, 0.29) is 5.75 Å². The van der Waals surface area contributed by atoms with Gasteiger partial charge in [0.15, 0.2) is 0 Å². The summed E-state index contributed by atoms with van der Waals surface area (Å²) in [6, 6.07) is 5.21. The number of hydrogen-bond acceptors (Lipinski definition) is 1. The fraction of sp³-hybridized carbons (Fsp3) is 0.200. The highest BCUT2D eigenvalue weighted by atomic mass is 35.5. The van der Waals surface area contributed by atoms with Gasteiger partial charge in [-0.15, -0.1) is 11.6 Å². The van der Waals surface area contributed by atoms with E-state index < -0.39 is 0 Å². The summed E-state index contributed by atoms with van der Waals surface area (Å²) in [5.74, 6) is 6.12. The third kappa shape index (κ3) is 2.48. The lowest BCUT2D eigenvalue weighted by Gasteiger charge is -1.95. The molecule has 0 fully saturated rings. The maximum Gasteiger partial charge on any atom is 0.117 e. The molecule has 0 unspecified atom stereocenters. The molecular weight excluding hydrogens is 172 g/mol. The van der Waals surface area contributed by atoms with Crippen molar-refractivity contribution in [3.05, 3.63) is 29.3 Å². The summed E-state index contributed by atoms with van der Waals surface area (Å²) in [7, 11) is 0. The van der Waals surface area contributed by atoms with Gasteiger partial charge in [0.2, 0.25) is 0 Å². The van der Waals surface area contributed by atoms with Gasteiger partial charge < -0.3 is 5.11 Å². The van der Waals surface area contributed by atoms with E-state index in [1.54, 1.807) is 12.1 Å². The fourth-order valence-corrected chi connectivity index (χ4v) is 1.04. The van der Waals surface area contributed by atoms with Crippen LogP contribution < -0.4 is 0 Å². The number of halogens is 1. The molecule has 0 spiro atoms. The molecule has 0 radical (unpaired) electrons. The first-order valence-corrected chi connectivity index (χ1v) is 4.11. The van der Waals surface area contributed by atoms with E-state index in [4.69, 9.17) is 11.6 Å². The molecule has 0 aromatic heterocycles. The van der Waals surface area contributed by atoms with Crippen molar-refractivity contribution in [3.63, 3.8) is 0 Å². The summed E-state index contributed by atoms with van der Waals surface area (Å²) in [6.07, 6.45) is 0. The fourth-order valence-electron chi connectivity index (χ4n) is 0.971. The topological polar surface area (TPSA) is 20.2 Å². The molecule has 0 amide bonds. The zero-order valence-electron chi connectivity index (χ0n) is 6.76. The van der Waals surface area contributed by atoms with Gasteiger partial charge in [-0.05, 0) is 30.7 Å². The number of hydrogen-bond donors (Lipinski definition) is 1. The molecule has 0 aliphatic rings. The van der Waals surface area contributed by atoms with E-state index in [9.17, 15) is 5.11 Å². The molecular formula is C10H9ClO. The highest BCUT2D eigenvalue weighted by Gasteiger charge is 1.92. The van der Waals surface area contributed by atoms with E-state index in [1.807, 2.05) is 13.0 Å². The van der Waals surface area contributed by atoms with Crippen LogP contribution in [-0.2, 0) is 0 Å². The van der Waals surface area contributed by atoms with E-state index in [0.717, 1.165) is 11.1 Å². The summed E-state index contributed by atoms with van der Waals surface area (Å²) >= 11 is 5.39. The molecule has 0 heterocycles. The smallest absolute Gasteiger partial charge is 0.117 e. The number of phenolic OH excluding ortho intramolecular Hbond substituents is 1. The van der Waals surface area contributed by atoms with Crippen molar-refractivity contribution in [2.45, 2.75) is 6.92 Å². The van der Waals surface area contributed by atoms with E-state index in [2.05, 4.69) is 11.8 Å². The van der Waals surface area contributed by atoms with Crippen LogP contribution in [-0.4, -0.2) is 11.0 Å². The molecule has 1 aromatic rings. The molecule has 2 heteroatoms. The standard InChI is InChI=1S/C10H9ClO/c1-8-5-9(3-2-4-11)7-10(12)6-8/h5-7,12H,4H2,1H3. The Morgan fingerprint density at radius 2 is 2.17 bits per heavy atom. The molecule has 1 aromatic carbocycles. The predicted molar refractivity (Wildman–Crippen MR) is 50.4 cm³/mol. The Bertz CT molecular complexity index is 313. The Hall–Kier alpha value is -1.13. The lowest BCUT2D eigenvalue weighted by atomic mass is 10.1. The van der Waals surface area contributed by atoms with Crippen molar-refractivity contribution in [2.24, 2.45) is 0 Å². The molecule has 1 rings (SSSR count). The minimum Gasteiger partial charge on any atom is -0.508 e. The van der Waals surface area contributed by atoms with Gasteiger partial charge in [-0.1, -0.05) is 11.8 Å². The van der Waals surface area contributed by atoms with Gasteiger partial charge >= 0.3 is 0 Å². The highest BCUT2D eigenvalue weighted by Crippen LogP contribution is 2.13. The van der Waals surface area contributed by atoms with Gasteiger partial charge in [-0.3, -0.25) is 0 Å². The third-order valence-electron chi connectivity index (χ3n) is 1.36. The molecule has 0 saturated heterocycles. The SMILES string of the molecule is Cc1cc(O)cc(C#CCCl)c1. The summed E-state index contributed by atoms with van der Waals surface area (Å²) in [5, 5.41) is 9.19. The van der Waals surface area contributed by atoms with E-state index in [1.165, 1.54) is 0 Å². The molecule has 0 saturated carbocycles. The van der Waals surface area contributed by atoms with E-state index >= 15 is 0 Å². The Labute approximate surface area is 77.0 Å². The maximum atomic E-state index is 9.19. The minimum atomic E-state index is 0.244. The predicted octanol–water partition coefficient (Wildman–Crippen LogP) is 2.29. The summed E-state index contributed by atoms with van der Waals surface area (Å²) in [4.78, 5) is 0. The van der Waals surface area contributed by atoms with Gasteiger partial charge in [-0.2, -0.15) is 0 Å². The van der Waals surface area contributed by atoms with Crippen LogP contribution in [0.15, 0.2) is 18.2 Å². The van der Waals surface area contributed by atoms with Crippen LogP contribution in [0.25, 0.3) is 0 Å². The van der Waals surface area contributed by atoms with Gasteiger partial charge in [-0.25, -0.2) is 0 Å². The second-order valence-corrected chi connectivity index (χ2v) is 2.76. The van der Waals surface area contributed by atoms with Crippen LogP contribution in [0.3, 0.4) is 0 Å². The first-order valence-electron chi connectivity index (χ1n) is 3.58. The average Bonchev–Trinajstić information content (AvgIpc) is 1.99. The van der Waals surface area contributed by atoms with Crippen molar-refractivity contribution < 1.29 is 5.11 Å². The average molecular weight is 181 g/mol. The molecule has 0 aliphatic heterocycles. The third-order valence-corrected chi connectivity index (χ3v) is 1.50. The number of alkyl halides is 1. The van der Waals surface area contributed by atoms with Gasteiger partial charge in [0, 0.05) is 5.56 Å². The zero-order chi connectivity index (χ0) is 8.97. The van der Waals surface area contributed by atoms with Crippen LogP contribution in [0, 0.1) is 18.8 Å². The summed E-state index contributed by atoms with van der Waals surface area (Å²) in [5.41, 5.74) is 1.79. The molecule has 12 heavy (non-hydrogen) atoms. The first kappa shape index (κ1) is 8.96. The Balaban J connectivity index is 3.01. The molecule has 1 N–H and O–H groups in total. The molecule has 0 atom stereocenters. The van der Waals surface area contributed by atoms with Gasteiger partial charge in [0.25, 0.3) is 0 Å². The van der Waals surface area contributed by atoms with Crippen LogP contribution in [0.4, 0.5) is 0 Å². The monoisotopic (exact) mass is 180 g/mol. The lowest BCUT2D eigenvalue weighted by Crippen LogP contribution is -1.77. The largest absolute Gasteiger partial charge is 0.508 e. The number of benzene rings is 1. The maximum absolute atomic E-state index is 9.19. The van der Waals surface area contributed by atoms with Crippen LogP contribution in [0.5, 0.6) is 5.75 Å². The number of aromatic hydroxyl groups is 1. The quantitative estimate of drug-likeness (QED) is 0.480. The number of phenols is 1.